The molecule has 3 heterocycles. The third kappa shape index (κ3) is 3.30. The third-order valence-corrected chi connectivity index (χ3v) is 7.09. The van der Waals surface area contributed by atoms with E-state index in [1.54, 1.807) is 7.11 Å². The van der Waals surface area contributed by atoms with Gasteiger partial charge in [0, 0.05) is 42.4 Å². The highest BCUT2D eigenvalue weighted by Gasteiger charge is 2.52. The second-order valence-electron chi connectivity index (χ2n) is 8.39. The van der Waals surface area contributed by atoms with Gasteiger partial charge in [-0.1, -0.05) is 47.1 Å². The Labute approximate surface area is 186 Å². The number of nitrogens with zero attached hydrogens (tertiary/aromatic N) is 3. The number of methoxy groups -OCH3 is 1. The molecule has 2 aromatic carbocycles. The average Bonchev–Trinajstić information content (AvgIpc) is 3.23. The predicted molar refractivity (Wildman–Crippen MR) is 122 cm³/mol. The molecule has 3 aliphatic heterocycles. The van der Waals surface area contributed by atoms with Crippen LogP contribution in [-0.2, 0) is 0 Å². The summed E-state index contributed by atoms with van der Waals surface area (Å²) < 4.78 is 13.6. The number of piperidine rings is 1. The molecule has 5 rings (SSSR count). The van der Waals surface area contributed by atoms with Crippen molar-refractivity contribution in [2.24, 2.45) is 5.10 Å². The molecule has 0 radical (unpaired) electrons. The maximum Gasteiger partial charge on any atom is 0.200 e. The van der Waals surface area contributed by atoms with E-state index in [1.165, 1.54) is 17.5 Å². The molecule has 0 unspecified atom stereocenters. The third-order valence-electron chi connectivity index (χ3n) is 6.56. The van der Waals surface area contributed by atoms with E-state index in [0.717, 1.165) is 60.6 Å². The molecule has 1 saturated heterocycles. The summed E-state index contributed by atoms with van der Waals surface area (Å²) in [6, 6.07) is 14.9. The number of para-hydroxylation sites is 1. The highest BCUT2D eigenvalue weighted by Crippen LogP contribution is 2.52. The van der Waals surface area contributed by atoms with Gasteiger partial charge in [0.25, 0.3) is 0 Å². The van der Waals surface area contributed by atoms with E-state index in [9.17, 15) is 0 Å². The minimum atomic E-state index is -0.409. The van der Waals surface area contributed by atoms with Gasteiger partial charge < -0.3 is 14.4 Å². The van der Waals surface area contributed by atoms with Crippen molar-refractivity contribution >= 4 is 21.6 Å². The number of fused-ring (bicyclic) bond motifs is 4. The summed E-state index contributed by atoms with van der Waals surface area (Å²) in [5.74, 6) is 1.72. The minimum Gasteiger partial charge on any atom is -0.493 e. The average molecular weight is 470 g/mol. The van der Waals surface area contributed by atoms with Crippen molar-refractivity contribution in [1.29, 1.82) is 0 Å². The molecule has 6 heteroatoms. The number of hydrazone groups is 1. The molecule has 1 fully saturated rings. The van der Waals surface area contributed by atoms with Gasteiger partial charge in [-0.05, 0) is 36.7 Å². The number of rotatable bonds is 4. The van der Waals surface area contributed by atoms with Crippen molar-refractivity contribution in [1.82, 2.24) is 9.91 Å². The first kappa shape index (κ1) is 19.9. The molecule has 3 aliphatic rings. The summed E-state index contributed by atoms with van der Waals surface area (Å²) in [5, 5.41) is 7.44. The van der Waals surface area contributed by atoms with Crippen LogP contribution in [0.4, 0.5) is 0 Å². The Morgan fingerprint density at radius 2 is 1.93 bits per heavy atom. The molecule has 1 spiro atoms. The number of likely N-dealkylation sites (tertiary alicyclic amines) is 1. The first-order chi connectivity index (χ1) is 14.6. The van der Waals surface area contributed by atoms with Crippen LogP contribution in [0.15, 0.2) is 52.0 Å². The molecular formula is C24H28BrN3O2. The van der Waals surface area contributed by atoms with Crippen LogP contribution in [0.1, 0.15) is 49.8 Å². The normalized spacial score (nSPS) is 22.3. The fourth-order valence-electron chi connectivity index (χ4n) is 5.02. The fourth-order valence-corrected chi connectivity index (χ4v) is 5.28. The number of hydrogen-bond acceptors (Lipinski definition) is 5. The lowest BCUT2D eigenvalue weighted by Crippen LogP contribution is -2.59. The quantitative estimate of drug-likeness (QED) is 0.616. The Bertz CT molecular complexity index is 951. The lowest BCUT2D eigenvalue weighted by atomic mass is 9.90. The molecule has 158 valence electrons. The first-order valence-corrected chi connectivity index (χ1v) is 11.6. The van der Waals surface area contributed by atoms with Gasteiger partial charge in [-0.2, -0.15) is 5.10 Å². The SMILES string of the molecule is CCCN1CCC2(CC1)Oc1c(OC)cccc1[C@H]1CC(c3ccc(Br)cc3)=NN12. The molecule has 0 N–H and O–H groups in total. The Kier molecular flexibility index (Phi) is 5.23. The number of hydrogen-bond donors (Lipinski definition) is 0. The topological polar surface area (TPSA) is 37.3 Å². The molecule has 2 aromatic rings. The largest absolute Gasteiger partial charge is 0.493 e. The van der Waals surface area contributed by atoms with Gasteiger partial charge in [-0.3, -0.25) is 0 Å². The van der Waals surface area contributed by atoms with E-state index in [-0.39, 0.29) is 6.04 Å². The monoisotopic (exact) mass is 469 g/mol. The van der Waals surface area contributed by atoms with E-state index >= 15 is 0 Å². The van der Waals surface area contributed by atoms with E-state index in [4.69, 9.17) is 14.6 Å². The fraction of sp³-hybridized carbons (Fsp3) is 0.458. The van der Waals surface area contributed by atoms with Gasteiger partial charge in [-0.15, -0.1) is 0 Å². The molecule has 5 nitrogen and oxygen atoms in total. The molecule has 30 heavy (non-hydrogen) atoms. The van der Waals surface area contributed by atoms with Crippen LogP contribution in [0.5, 0.6) is 11.5 Å². The van der Waals surface area contributed by atoms with Crippen LogP contribution in [0, 0.1) is 0 Å². The Morgan fingerprint density at radius 1 is 1.17 bits per heavy atom. The van der Waals surface area contributed by atoms with Crippen LogP contribution in [0.25, 0.3) is 0 Å². The van der Waals surface area contributed by atoms with E-state index in [1.807, 2.05) is 6.07 Å². The lowest BCUT2D eigenvalue weighted by Gasteiger charge is -2.51. The molecule has 1 atom stereocenters. The zero-order valence-electron chi connectivity index (χ0n) is 17.6. The van der Waals surface area contributed by atoms with Gasteiger partial charge in [0.05, 0.1) is 18.9 Å². The second kappa shape index (κ2) is 7.89. The molecule has 0 amide bonds. The van der Waals surface area contributed by atoms with Gasteiger partial charge in [0.15, 0.2) is 11.5 Å². The number of benzene rings is 2. The highest BCUT2D eigenvalue weighted by atomic mass is 79.9. The van der Waals surface area contributed by atoms with Crippen LogP contribution in [0.2, 0.25) is 0 Å². The van der Waals surface area contributed by atoms with E-state index in [0.29, 0.717) is 0 Å². The van der Waals surface area contributed by atoms with Gasteiger partial charge in [0.2, 0.25) is 5.72 Å². The van der Waals surface area contributed by atoms with Crippen molar-refractivity contribution in [3.63, 3.8) is 0 Å². The minimum absolute atomic E-state index is 0.181. The zero-order chi connectivity index (χ0) is 20.7. The molecule has 0 bridgehead atoms. The summed E-state index contributed by atoms with van der Waals surface area (Å²) in [4.78, 5) is 2.54. The number of ether oxygens (including phenoxy) is 2. The second-order valence-corrected chi connectivity index (χ2v) is 9.30. The standard InChI is InChI=1S/C24H28BrN3O2/c1-3-13-27-14-11-24(12-15-27)28-21(19-5-4-6-22(29-2)23(19)30-24)16-20(26-28)17-7-9-18(25)10-8-17/h4-10,21H,3,11-16H2,1-2H3/t21-/m1/s1. The summed E-state index contributed by atoms with van der Waals surface area (Å²) in [6.07, 6.45) is 3.95. The van der Waals surface area contributed by atoms with Gasteiger partial charge >= 0.3 is 0 Å². The van der Waals surface area contributed by atoms with Gasteiger partial charge in [0.1, 0.15) is 0 Å². The van der Waals surface area contributed by atoms with Crippen molar-refractivity contribution in [3.05, 3.63) is 58.1 Å². The van der Waals surface area contributed by atoms with Crippen molar-refractivity contribution in [3.8, 4) is 11.5 Å². The smallest absolute Gasteiger partial charge is 0.200 e. The summed E-state index contributed by atoms with van der Waals surface area (Å²) >= 11 is 3.54. The summed E-state index contributed by atoms with van der Waals surface area (Å²) in [5.41, 5.74) is 3.07. The Morgan fingerprint density at radius 3 is 2.63 bits per heavy atom. The van der Waals surface area contributed by atoms with Crippen LogP contribution in [-0.4, -0.2) is 48.1 Å². The first-order valence-electron chi connectivity index (χ1n) is 10.8. The van der Waals surface area contributed by atoms with Crippen LogP contribution in [0.3, 0.4) is 0 Å². The molecule has 0 aromatic heterocycles. The molecule has 0 aliphatic carbocycles. The highest BCUT2D eigenvalue weighted by molar-refractivity contribution is 9.10. The Balaban J connectivity index is 1.54. The predicted octanol–water partition coefficient (Wildman–Crippen LogP) is 5.20. The Hall–Kier alpha value is -2.05. The zero-order valence-corrected chi connectivity index (χ0v) is 19.2. The maximum atomic E-state index is 6.79. The number of halogens is 1. The van der Waals surface area contributed by atoms with Gasteiger partial charge in [-0.25, -0.2) is 5.01 Å². The van der Waals surface area contributed by atoms with Crippen molar-refractivity contribution in [2.45, 2.75) is 44.4 Å². The molecular weight excluding hydrogens is 442 g/mol. The lowest BCUT2D eigenvalue weighted by molar-refractivity contribution is -0.150. The molecule has 0 saturated carbocycles. The van der Waals surface area contributed by atoms with Crippen LogP contribution < -0.4 is 9.47 Å². The van der Waals surface area contributed by atoms with Crippen molar-refractivity contribution in [2.75, 3.05) is 26.7 Å². The summed E-state index contributed by atoms with van der Waals surface area (Å²) in [6.45, 7) is 5.45. The van der Waals surface area contributed by atoms with E-state index < -0.39 is 5.72 Å². The van der Waals surface area contributed by atoms with E-state index in [2.05, 4.69) is 69.2 Å². The summed E-state index contributed by atoms with van der Waals surface area (Å²) in [7, 11) is 1.72. The maximum absolute atomic E-state index is 6.79. The van der Waals surface area contributed by atoms with Crippen molar-refractivity contribution < 1.29 is 9.47 Å². The van der Waals surface area contributed by atoms with Crippen LogP contribution >= 0.6 is 15.9 Å².